The Bertz CT molecular complexity index is 1720. The Labute approximate surface area is 276 Å². The number of aliphatic carboxylic acids is 1. The highest BCUT2D eigenvalue weighted by atomic mass is 19.4. The Morgan fingerprint density at radius 2 is 1.58 bits per heavy atom. The number of hydrogen-bond acceptors (Lipinski definition) is 4. The maximum Gasteiger partial charge on any atom is 0.416 e. The molecule has 0 unspecified atom stereocenters. The lowest BCUT2D eigenvalue weighted by Crippen LogP contribution is -2.41. The molecular formula is C36H42F5N3O4. The molecule has 7 nitrogen and oxygen atoms in total. The molecule has 1 aliphatic rings. The van der Waals surface area contributed by atoms with Crippen LogP contribution in [0.3, 0.4) is 0 Å². The molecule has 0 saturated carbocycles. The minimum atomic E-state index is -4.79. The highest BCUT2D eigenvalue weighted by Gasteiger charge is 2.38. The van der Waals surface area contributed by atoms with E-state index < -0.39 is 65.2 Å². The molecular weight excluding hydrogens is 633 g/mol. The fourth-order valence-corrected chi connectivity index (χ4v) is 6.73. The van der Waals surface area contributed by atoms with E-state index in [9.17, 15) is 37.1 Å². The molecule has 2 heterocycles. The topological polar surface area (TPSA) is 91.6 Å². The van der Waals surface area contributed by atoms with Gasteiger partial charge in [0, 0.05) is 17.8 Å². The SMILES string of the molecule is Cc1cc(-c2c(C)cc(F)cc2C)cc([C@@H](CC(=O)O)NC(=O)[C@H](CC(C)C)n2cc(C3CCN(C)CC3)c(C(F)(F)F)cc2=O)c1F. The first-order chi connectivity index (χ1) is 22.4. The predicted molar refractivity (Wildman–Crippen MR) is 173 cm³/mol. The number of aromatic nitrogens is 1. The third kappa shape index (κ3) is 8.32. The number of hydrogen-bond donors (Lipinski definition) is 2. The van der Waals surface area contributed by atoms with Crippen molar-refractivity contribution in [2.75, 3.05) is 20.1 Å². The standard InChI is InChI=1S/C36H42F5N3O4/c1-19(2)11-30(44-18-27(23-7-9-43(6)10-8-23)28(16-31(44)45)36(39,40)41)35(48)42-29(17-32(46)47)26-15-24(12-22(5)34(26)38)33-20(3)13-25(37)14-21(33)4/h12-16,18-19,23,29-30H,7-11,17H2,1-6H3,(H,42,48)(H,46,47)/t29-,30+/m1/s1. The summed E-state index contributed by atoms with van der Waals surface area (Å²) < 4.78 is 73.4. The van der Waals surface area contributed by atoms with Crippen LogP contribution < -0.4 is 10.9 Å². The third-order valence-electron chi connectivity index (χ3n) is 9.05. The van der Waals surface area contributed by atoms with Crippen LogP contribution >= 0.6 is 0 Å². The average Bonchev–Trinajstić information content (AvgIpc) is 2.96. The number of benzene rings is 2. The summed E-state index contributed by atoms with van der Waals surface area (Å²) in [6.07, 6.45) is -3.47. The van der Waals surface area contributed by atoms with Gasteiger partial charge in [-0.3, -0.25) is 14.4 Å². The number of amides is 1. The van der Waals surface area contributed by atoms with Crippen molar-refractivity contribution in [2.24, 2.45) is 5.92 Å². The van der Waals surface area contributed by atoms with Gasteiger partial charge in [0.1, 0.15) is 17.7 Å². The van der Waals surface area contributed by atoms with Gasteiger partial charge in [-0.05, 0) is 130 Å². The number of likely N-dealkylation sites (tertiary alicyclic amines) is 1. The number of piperidine rings is 1. The fourth-order valence-electron chi connectivity index (χ4n) is 6.73. The second-order valence-electron chi connectivity index (χ2n) is 13.4. The van der Waals surface area contributed by atoms with Gasteiger partial charge < -0.3 is 19.9 Å². The zero-order chi connectivity index (χ0) is 35.7. The molecule has 260 valence electrons. The van der Waals surface area contributed by atoms with Gasteiger partial charge in [-0.25, -0.2) is 8.78 Å². The summed E-state index contributed by atoms with van der Waals surface area (Å²) in [7, 11) is 1.88. The molecule has 1 saturated heterocycles. The number of carboxylic acids is 1. The molecule has 48 heavy (non-hydrogen) atoms. The molecule has 0 aliphatic carbocycles. The number of rotatable bonds is 10. The van der Waals surface area contributed by atoms with Crippen molar-refractivity contribution >= 4 is 11.9 Å². The summed E-state index contributed by atoms with van der Waals surface area (Å²) in [4.78, 5) is 41.4. The second kappa shape index (κ2) is 14.6. The van der Waals surface area contributed by atoms with Crippen molar-refractivity contribution in [3.8, 4) is 11.1 Å². The summed E-state index contributed by atoms with van der Waals surface area (Å²) >= 11 is 0. The maximum absolute atomic E-state index is 15.8. The summed E-state index contributed by atoms with van der Waals surface area (Å²) in [6, 6.07) is 3.45. The Morgan fingerprint density at radius 1 is 0.979 bits per heavy atom. The fraction of sp³-hybridized carbons (Fsp3) is 0.472. The number of pyridine rings is 1. The van der Waals surface area contributed by atoms with E-state index in [1.54, 1.807) is 33.8 Å². The summed E-state index contributed by atoms with van der Waals surface area (Å²) in [5, 5.41) is 12.4. The van der Waals surface area contributed by atoms with Gasteiger partial charge in [-0.15, -0.1) is 0 Å². The normalized spacial score (nSPS) is 15.8. The second-order valence-corrected chi connectivity index (χ2v) is 13.4. The van der Waals surface area contributed by atoms with Crippen LogP contribution in [0.2, 0.25) is 0 Å². The molecule has 0 bridgehead atoms. The van der Waals surface area contributed by atoms with Crippen LogP contribution in [-0.4, -0.2) is 46.6 Å². The molecule has 1 amide bonds. The quantitative estimate of drug-likeness (QED) is 0.218. The van der Waals surface area contributed by atoms with Crippen LogP contribution in [0.15, 0.2) is 41.3 Å². The predicted octanol–water partition coefficient (Wildman–Crippen LogP) is 7.47. The van der Waals surface area contributed by atoms with Crippen LogP contribution in [0.5, 0.6) is 0 Å². The van der Waals surface area contributed by atoms with E-state index in [2.05, 4.69) is 5.32 Å². The van der Waals surface area contributed by atoms with Crippen molar-refractivity contribution in [1.29, 1.82) is 0 Å². The highest BCUT2D eigenvalue weighted by molar-refractivity contribution is 5.82. The van der Waals surface area contributed by atoms with Crippen molar-refractivity contribution in [3.05, 3.63) is 91.9 Å². The summed E-state index contributed by atoms with van der Waals surface area (Å²) in [6.45, 7) is 9.56. The minimum Gasteiger partial charge on any atom is -0.481 e. The van der Waals surface area contributed by atoms with Crippen molar-refractivity contribution in [1.82, 2.24) is 14.8 Å². The van der Waals surface area contributed by atoms with Gasteiger partial charge in [-0.1, -0.05) is 13.8 Å². The zero-order valence-corrected chi connectivity index (χ0v) is 28.0. The van der Waals surface area contributed by atoms with E-state index in [4.69, 9.17) is 0 Å². The average molecular weight is 676 g/mol. The van der Waals surface area contributed by atoms with Gasteiger partial charge in [0.25, 0.3) is 5.56 Å². The van der Waals surface area contributed by atoms with Gasteiger partial charge in [-0.2, -0.15) is 13.2 Å². The lowest BCUT2D eigenvalue weighted by atomic mass is 9.87. The van der Waals surface area contributed by atoms with Crippen LogP contribution in [-0.2, 0) is 15.8 Å². The lowest BCUT2D eigenvalue weighted by molar-refractivity contribution is -0.139. The Balaban J connectivity index is 1.81. The van der Waals surface area contributed by atoms with Gasteiger partial charge >= 0.3 is 12.1 Å². The molecule has 1 aliphatic heterocycles. The maximum atomic E-state index is 15.8. The van der Waals surface area contributed by atoms with Gasteiger partial charge in [0.15, 0.2) is 0 Å². The van der Waals surface area contributed by atoms with Crippen molar-refractivity contribution in [3.63, 3.8) is 0 Å². The zero-order valence-electron chi connectivity index (χ0n) is 28.0. The molecule has 2 N–H and O–H groups in total. The Kier molecular flexibility index (Phi) is 11.2. The lowest BCUT2D eigenvalue weighted by Gasteiger charge is -2.32. The molecule has 2 aromatic carbocycles. The Morgan fingerprint density at radius 3 is 2.12 bits per heavy atom. The largest absolute Gasteiger partial charge is 0.481 e. The van der Waals surface area contributed by atoms with E-state index in [0.29, 0.717) is 54.3 Å². The van der Waals surface area contributed by atoms with E-state index in [1.807, 2.05) is 11.9 Å². The summed E-state index contributed by atoms with van der Waals surface area (Å²) in [5.74, 6) is -4.06. The van der Waals surface area contributed by atoms with E-state index in [0.717, 1.165) is 10.8 Å². The number of carbonyl (C=O) groups excluding carboxylic acids is 1. The monoisotopic (exact) mass is 675 g/mol. The van der Waals surface area contributed by atoms with Crippen molar-refractivity contribution < 1.29 is 36.6 Å². The molecule has 2 atom stereocenters. The molecule has 0 radical (unpaired) electrons. The van der Waals surface area contributed by atoms with Gasteiger partial charge in [0.2, 0.25) is 5.91 Å². The number of nitrogens with one attached hydrogen (secondary N) is 1. The molecule has 0 spiro atoms. The number of carbonyl (C=O) groups is 2. The highest BCUT2D eigenvalue weighted by Crippen LogP contribution is 2.39. The van der Waals surface area contributed by atoms with E-state index >= 15 is 4.39 Å². The van der Waals surface area contributed by atoms with Crippen LogP contribution in [0.1, 0.15) is 90.9 Å². The number of aryl methyl sites for hydroxylation is 3. The van der Waals surface area contributed by atoms with E-state index in [1.165, 1.54) is 25.1 Å². The molecule has 4 rings (SSSR count). The van der Waals surface area contributed by atoms with E-state index in [-0.39, 0.29) is 29.0 Å². The smallest absolute Gasteiger partial charge is 0.416 e. The number of nitrogens with zero attached hydrogens (tertiary/aromatic N) is 2. The number of carboxylic acid groups (broad SMARTS) is 1. The minimum absolute atomic E-state index is 0.0409. The third-order valence-corrected chi connectivity index (χ3v) is 9.05. The number of halogens is 5. The van der Waals surface area contributed by atoms with Crippen molar-refractivity contribution in [2.45, 2.75) is 84.5 Å². The first-order valence-corrected chi connectivity index (χ1v) is 16.0. The molecule has 1 fully saturated rings. The summed E-state index contributed by atoms with van der Waals surface area (Å²) in [5.41, 5.74) is 0.158. The van der Waals surface area contributed by atoms with Crippen LogP contribution in [0, 0.1) is 38.3 Å². The first-order valence-electron chi connectivity index (χ1n) is 16.0. The van der Waals surface area contributed by atoms with Crippen LogP contribution in [0.25, 0.3) is 11.1 Å². The molecule has 12 heteroatoms. The first kappa shape index (κ1) is 36.8. The number of alkyl halides is 3. The van der Waals surface area contributed by atoms with Gasteiger partial charge in [0.05, 0.1) is 18.0 Å². The Hall–Kier alpha value is -4.06. The van der Waals surface area contributed by atoms with Crippen LogP contribution in [0.4, 0.5) is 22.0 Å². The molecule has 3 aromatic rings. The molecule has 1 aromatic heterocycles.